The average Bonchev–Trinajstić information content (AvgIpc) is 2.86. The molecule has 6 heteroatoms. The number of nitrogens with one attached hydrogen (secondary N) is 1. The van der Waals surface area contributed by atoms with Gasteiger partial charge in [0.25, 0.3) is 0 Å². The maximum Gasteiger partial charge on any atom is 0.341 e. The Bertz CT molecular complexity index is 555. The van der Waals surface area contributed by atoms with E-state index in [0.717, 1.165) is 6.42 Å². The Morgan fingerprint density at radius 3 is 2.39 bits per heavy atom. The molecule has 100 valence electrons. The van der Waals surface area contributed by atoms with Crippen molar-refractivity contribution in [3.05, 3.63) is 24.3 Å². The molecule has 1 aliphatic rings. The number of benzene rings is 1. The van der Waals surface area contributed by atoms with Gasteiger partial charge in [0.2, 0.25) is 9.84 Å². The fourth-order valence-corrected chi connectivity index (χ4v) is 2.72. The van der Waals surface area contributed by atoms with Crippen molar-refractivity contribution in [3.63, 3.8) is 0 Å². The number of rotatable bonds is 4. The second-order valence-electron chi connectivity index (χ2n) is 5.19. The predicted molar refractivity (Wildman–Crippen MR) is 65.4 cm³/mol. The minimum atomic E-state index is -4.56. The van der Waals surface area contributed by atoms with Crippen molar-refractivity contribution in [2.45, 2.75) is 37.0 Å². The fraction of sp³-hybridized carbons (Fsp3) is 0.500. The highest BCUT2D eigenvalue weighted by Crippen LogP contribution is 2.47. The monoisotopic (exact) mass is 275 g/mol. The van der Waals surface area contributed by atoms with Crippen LogP contribution in [-0.2, 0) is 9.84 Å². The molecule has 1 aromatic carbocycles. The van der Waals surface area contributed by atoms with Gasteiger partial charge in [0.05, 0.1) is 10.6 Å². The molecule has 1 N–H and O–H groups in total. The molecule has 0 aromatic heterocycles. The highest BCUT2D eigenvalue weighted by atomic mass is 32.2. The normalized spacial score (nSPS) is 21.9. The van der Waals surface area contributed by atoms with E-state index in [9.17, 15) is 17.2 Å². The summed E-state index contributed by atoms with van der Waals surface area (Å²) in [4.78, 5) is -0.331. The number of hydrogen-bond donors (Lipinski definition) is 1. The van der Waals surface area contributed by atoms with E-state index in [1.807, 2.05) is 13.8 Å². The Balaban J connectivity index is 2.33. The zero-order chi connectivity index (χ0) is 13.6. The third kappa shape index (κ3) is 2.34. The molecular weight excluding hydrogens is 260 g/mol. The molecule has 1 fully saturated rings. The lowest BCUT2D eigenvalue weighted by molar-refractivity contribution is 0.235. The summed E-state index contributed by atoms with van der Waals surface area (Å²) in [6, 6.07) is 5.93. The van der Waals surface area contributed by atoms with Crippen LogP contribution in [-0.4, -0.2) is 20.2 Å². The van der Waals surface area contributed by atoms with Crippen LogP contribution in [0.4, 0.5) is 14.5 Å². The van der Waals surface area contributed by atoms with Crippen molar-refractivity contribution < 1.29 is 17.2 Å². The highest BCUT2D eigenvalue weighted by Gasteiger charge is 2.46. The lowest BCUT2D eigenvalue weighted by atomic mass is 10.2. The van der Waals surface area contributed by atoms with Gasteiger partial charge in [-0.1, -0.05) is 26.0 Å². The first kappa shape index (κ1) is 13.3. The quantitative estimate of drug-likeness (QED) is 0.919. The Morgan fingerprint density at radius 1 is 1.33 bits per heavy atom. The zero-order valence-corrected chi connectivity index (χ0v) is 11.0. The van der Waals surface area contributed by atoms with Gasteiger partial charge in [0, 0.05) is 6.04 Å². The van der Waals surface area contributed by atoms with Gasteiger partial charge in [0.1, 0.15) is 0 Å². The van der Waals surface area contributed by atoms with Crippen molar-refractivity contribution in [1.29, 1.82) is 0 Å². The minimum Gasteiger partial charge on any atom is -0.381 e. The molecule has 0 heterocycles. The van der Waals surface area contributed by atoms with Crippen LogP contribution in [0.25, 0.3) is 0 Å². The van der Waals surface area contributed by atoms with E-state index >= 15 is 0 Å². The largest absolute Gasteiger partial charge is 0.381 e. The second-order valence-corrected chi connectivity index (χ2v) is 7.08. The van der Waals surface area contributed by atoms with Gasteiger partial charge in [-0.15, -0.1) is 0 Å². The van der Waals surface area contributed by atoms with E-state index in [2.05, 4.69) is 5.32 Å². The summed E-state index contributed by atoms with van der Waals surface area (Å²) >= 11 is 0. The van der Waals surface area contributed by atoms with Crippen LogP contribution in [0.5, 0.6) is 0 Å². The van der Waals surface area contributed by atoms with Crippen LogP contribution in [0.3, 0.4) is 0 Å². The summed E-state index contributed by atoms with van der Waals surface area (Å²) in [7, 11) is -4.56. The molecule has 1 saturated carbocycles. The molecule has 18 heavy (non-hydrogen) atoms. The van der Waals surface area contributed by atoms with Gasteiger partial charge in [-0.2, -0.15) is 8.78 Å². The van der Waals surface area contributed by atoms with Crippen LogP contribution < -0.4 is 5.32 Å². The Morgan fingerprint density at radius 2 is 1.89 bits per heavy atom. The first-order valence-electron chi connectivity index (χ1n) is 5.63. The SMILES string of the molecule is CC1(C)CC1Nc1ccccc1S(=O)(=O)C(F)F. The highest BCUT2D eigenvalue weighted by molar-refractivity contribution is 7.91. The lowest BCUT2D eigenvalue weighted by Crippen LogP contribution is -2.16. The van der Waals surface area contributed by atoms with Crippen LogP contribution >= 0.6 is 0 Å². The van der Waals surface area contributed by atoms with Crippen molar-refractivity contribution >= 4 is 15.5 Å². The summed E-state index contributed by atoms with van der Waals surface area (Å²) in [6.07, 6.45) is 0.899. The molecular formula is C12H15F2NO2S. The third-order valence-electron chi connectivity index (χ3n) is 3.27. The number of anilines is 1. The predicted octanol–water partition coefficient (Wildman–Crippen LogP) is 2.89. The van der Waals surface area contributed by atoms with E-state index in [1.54, 1.807) is 6.07 Å². The standard InChI is InChI=1S/C12H15F2NO2S/c1-12(2)7-10(12)15-8-5-3-4-6-9(8)18(16,17)11(13)14/h3-6,10-11,15H,7H2,1-2H3. The van der Waals surface area contributed by atoms with E-state index < -0.39 is 15.6 Å². The van der Waals surface area contributed by atoms with E-state index in [4.69, 9.17) is 0 Å². The van der Waals surface area contributed by atoms with E-state index in [-0.39, 0.29) is 22.0 Å². The molecule has 3 nitrogen and oxygen atoms in total. The van der Waals surface area contributed by atoms with Gasteiger partial charge in [0.15, 0.2) is 0 Å². The van der Waals surface area contributed by atoms with Gasteiger partial charge in [-0.25, -0.2) is 8.42 Å². The number of alkyl halides is 2. The Labute approximate surface area is 105 Å². The molecule has 0 amide bonds. The van der Waals surface area contributed by atoms with Gasteiger partial charge < -0.3 is 5.32 Å². The summed E-state index contributed by atoms with van der Waals surface area (Å²) in [5, 5.41) is 3.02. The van der Waals surface area contributed by atoms with E-state index in [1.165, 1.54) is 18.2 Å². The topological polar surface area (TPSA) is 46.2 Å². The molecule has 0 bridgehead atoms. The molecule has 1 atom stereocenters. The van der Waals surface area contributed by atoms with Gasteiger partial charge in [-0.3, -0.25) is 0 Å². The molecule has 1 aromatic rings. The van der Waals surface area contributed by atoms with Crippen molar-refractivity contribution in [2.75, 3.05) is 5.32 Å². The van der Waals surface area contributed by atoms with Crippen LogP contribution in [0.1, 0.15) is 20.3 Å². The zero-order valence-electron chi connectivity index (χ0n) is 10.2. The molecule has 0 aliphatic heterocycles. The maximum absolute atomic E-state index is 12.6. The Hall–Kier alpha value is -1.17. The fourth-order valence-electron chi connectivity index (χ4n) is 1.83. The smallest absolute Gasteiger partial charge is 0.341 e. The molecule has 0 saturated heterocycles. The number of sulfone groups is 1. The maximum atomic E-state index is 12.6. The van der Waals surface area contributed by atoms with Crippen LogP contribution in [0.2, 0.25) is 0 Å². The summed E-state index contributed by atoms with van der Waals surface area (Å²) in [5.41, 5.74) is 0.343. The molecule has 0 spiro atoms. The first-order valence-corrected chi connectivity index (χ1v) is 7.17. The van der Waals surface area contributed by atoms with Crippen molar-refractivity contribution in [2.24, 2.45) is 5.41 Å². The van der Waals surface area contributed by atoms with Gasteiger partial charge >= 0.3 is 5.76 Å². The average molecular weight is 275 g/mol. The van der Waals surface area contributed by atoms with Crippen LogP contribution in [0, 0.1) is 5.41 Å². The van der Waals surface area contributed by atoms with Gasteiger partial charge in [-0.05, 0) is 24.0 Å². The number of para-hydroxylation sites is 1. The first-order chi connectivity index (χ1) is 8.25. The molecule has 1 aliphatic carbocycles. The van der Waals surface area contributed by atoms with E-state index in [0.29, 0.717) is 0 Å². The summed E-state index contributed by atoms with van der Waals surface area (Å²) in [6.45, 7) is 4.07. The third-order valence-corrected chi connectivity index (χ3v) is 4.71. The summed E-state index contributed by atoms with van der Waals surface area (Å²) < 4.78 is 48.2. The molecule has 0 radical (unpaired) electrons. The molecule has 1 unspecified atom stereocenters. The number of halogens is 2. The lowest BCUT2D eigenvalue weighted by Gasteiger charge is -2.13. The van der Waals surface area contributed by atoms with Crippen molar-refractivity contribution in [3.8, 4) is 0 Å². The molecule has 2 rings (SSSR count). The van der Waals surface area contributed by atoms with Crippen LogP contribution in [0.15, 0.2) is 29.2 Å². The summed E-state index contributed by atoms with van der Waals surface area (Å²) in [5.74, 6) is -3.40. The minimum absolute atomic E-state index is 0.0850. The Kier molecular flexibility index (Phi) is 3.09. The number of hydrogen-bond acceptors (Lipinski definition) is 3. The second kappa shape index (κ2) is 4.19. The van der Waals surface area contributed by atoms with Crippen molar-refractivity contribution in [1.82, 2.24) is 0 Å².